The van der Waals surface area contributed by atoms with Crippen molar-refractivity contribution >= 4 is 17.4 Å². The quantitative estimate of drug-likeness (QED) is 0.863. The lowest BCUT2D eigenvalue weighted by molar-refractivity contribution is 0.0956. The maximum absolute atomic E-state index is 12.2. The number of nitrogens with one attached hydrogen (secondary N) is 1. The van der Waals surface area contributed by atoms with Crippen molar-refractivity contribution in [3.05, 3.63) is 65.2 Å². The molecule has 22 heavy (non-hydrogen) atoms. The third-order valence-electron chi connectivity index (χ3n) is 3.22. The summed E-state index contributed by atoms with van der Waals surface area (Å²) in [5, 5.41) is 2.82. The Hall–Kier alpha value is -2.46. The van der Waals surface area contributed by atoms with Crippen LogP contribution in [-0.4, -0.2) is 37.2 Å². The summed E-state index contributed by atoms with van der Waals surface area (Å²) in [5.74, 6) is -0.159. The van der Waals surface area contributed by atoms with E-state index in [2.05, 4.69) is 5.32 Å². The Morgan fingerprint density at radius 1 is 1.00 bits per heavy atom. The molecule has 1 N–H and O–H groups in total. The van der Waals surface area contributed by atoms with Gasteiger partial charge in [-0.2, -0.15) is 0 Å². The van der Waals surface area contributed by atoms with E-state index in [1.165, 1.54) is 0 Å². The minimum absolute atomic E-state index is 0.0245. The average Bonchev–Trinajstić information content (AvgIpc) is 2.47. The number of carbonyl (C=O) groups is 2. The molecule has 0 aliphatic rings. The summed E-state index contributed by atoms with van der Waals surface area (Å²) in [6.45, 7) is 2.32. The van der Waals surface area contributed by atoms with E-state index in [0.717, 1.165) is 5.56 Å². The summed E-state index contributed by atoms with van der Waals surface area (Å²) in [4.78, 5) is 26.0. The van der Waals surface area contributed by atoms with E-state index in [1.807, 2.05) is 38.1 Å². The number of ketones is 1. The highest BCUT2D eigenvalue weighted by Crippen LogP contribution is 2.13. The monoisotopic (exact) mass is 296 g/mol. The van der Waals surface area contributed by atoms with Gasteiger partial charge in [-0.1, -0.05) is 29.8 Å². The van der Waals surface area contributed by atoms with Gasteiger partial charge in [0.1, 0.15) is 0 Å². The molecular formula is C18H20N2O2. The number of hydrogen-bond donors (Lipinski definition) is 1. The third-order valence-corrected chi connectivity index (χ3v) is 3.22. The zero-order chi connectivity index (χ0) is 16.1. The van der Waals surface area contributed by atoms with Crippen LogP contribution in [0.3, 0.4) is 0 Å². The van der Waals surface area contributed by atoms with Crippen LogP contribution in [0.4, 0.5) is 5.69 Å². The molecule has 0 bridgehead atoms. The topological polar surface area (TPSA) is 49.4 Å². The van der Waals surface area contributed by atoms with Gasteiger partial charge >= 0.3 is 0 Å². The van der Waals surface area contributed by atoms with Crippen LogP contribution < -0.4 is 5.32 Å². The first-order valence-corrected chi connectivity index (χ1v) is 7.12. The molecule has 2 rings (SSSR count). The van der Waals surface area contributed by atoms with E-state index in [1.54, 1.807) is 36.4 Å². The molecule has 0 saturated heterocycles. The summed E-state index contributed by atoms with van der Waals surface area (Å²) < 4.78 is 0. The molecule has 1 amide bonds. The largest absolute Gasteiger partial charge is 0.322 e. The third kappa shape index (κ3) is 4.27. The van der Waals surface area contributed by atoms with Crippen molar-refractivity contribution in [1.82, 2.24) is 4.90 Å². The van der Waals surface area contributed by atoms with Crippen molar-refractivity contribution in [2.75, 3.05) is 26.0 Å². The number of Topliss-reactive ketones (excluding diaryl/α,β-unsaturated/α-hetero) is 1. The van der Waals surface area contributed by atoms with E-state index in [0.29, 0.717) is 23.4 Å². The SMILES string of the molecule is Cc1ccc(C(=O)Nc2cccc(C(=O)CN(C)C)c2)cc1. The van der Waals surface area contributed by atoms with Crippen LogP contribution in [0.2, 0.25) is 0 Å². The fourth-order valence-corrected chi connectivity index (χ4v) is 2.06. The Balaban J connectivity index is 2.11. The van der Waals surface area contributed by atoms with Crippen molar-refractivity contribution in [2.24, 2.45) is 0 Å². The second kappa shape index (κ2) is 7.00. The zero-order valence-corrected chi connectivity index (χ0v) is 13.1. The molecule has 4 heteroatoms. The molecule has 0 saturated carbocycles. The first kappa shape index (κ1) is 15.9. The van der Waals surface area contributed by atoms with Crippen LogP contribution in [-0.2, 0) is 0 Å². The van der Waals surface area contributed by atoms with Crippen molar-refractivity contribution < 1.29 is 9.59 Å². The molecule has 0 heterocycles. The second-order valence-electron chi connectivity index (χ2n) is 5.56. The minimum Gasteiger partial charge on any atom is -0.322 e. The maximum atomic E-state index is 12.2. The van der Waals surface area contributed by atoms with Gasteiger partial charge < -0.3 is 10.2 Å². The number of rotatable bonds is 5. The highest BCUT2D eigenvalue weighted by molar-refractivity contribution is 6.05. The number of benzene rings is 2. The van der Waals surface area contributed by atoms with E-state index >= 15 is 0 Å². The predicted octanol–water partition coefficient (Wildman–Crippen LogP) is 2.99. The first-order chi connectivity index (χ1) is 10.5. The molecule has 4 nitrogen and oxygen atoms in total. The van der Waals surface area contributed by atoms with Crippen LogP contribution in [0.1, 0.15) is 26.3 Å². The zero-order valence-electron chi connectivity index (χ0n) is 13.1. The molecule has 2 aromatic carbocycles. The van der Waals surface area contributed by atoms with Crippen LogP contribution in [0, 0.1) is 6.92 Å². The normalized spacial score (nSPS) is 10.5. The molecule has 0 aromatic heterocycles. The molecule has 2 aromatic rings. The van der Waals surface area contributed by atoms with Gasteiger partial charge in [0.05, 0.1) is 6.54 Å². The van der Waals surface area contributed by atoms with E-state index in [-0.39, 0.29) is 11.7 Å². The number of amides is 1. The fourth-order valence-electron chi connectivity index (χ4n) is 2.06. The molecule has 114 valence electrons. The summed E-state index contributed by atoms with van der Waals surface area (Å²) in [6.07, 6.45) is 0. The molecular weight excluding hydrogens is 276 g/mol. The van der Waals surface area contributed by atoms with Gasteiger partial charge in [0.25, 0.3) is 5.91 Å². The Morgan fingerprint density at radius 2 is 1.68 bits per heavy atom. The van der Waals surface area contributed by atoms with E-state index in [4.69, 9.17) is 0 Å². The summed E-state index contributed by atoms with van der Waals surface area (Å²) in [5.41, 5.74) is 2.91. The standard InChI is InChI=1S/C18H20N2O2/c1-13-7-9-14(10-8-13)18(22)19-16-6-4-5-15(11-16)17(21)12-20(2)3/h4-11H,12H2,1-3H3,(H,19,22). The van der Waals surface area contributed by atoms with Gasteiger partial charge in [-0.05, 0) is 45.3 Å². The maximum Gasteiger partial charge on any atom is 0.255 e. The minimum atomic E-state index is -0.183. The van der Waals surface area contributed by atoms with Gasteiger partial charge in [0.15, 0.2) is 5.78 Å². The molecule has 0 aliphatic heterocycles. The number of carbonyl (C=O) groups excluding carboxylic acids is 2. The van der Waals surface area contributed by atoms with Gasteiger partial charge in [-0.25, -0.2) is 0 Å². The Bertz CT molecular complexity index is 676. The molecule has 0 spiro atoms. The van der Waals surface area contributed by atoms with E-state index < -0.39 is 0 Å². The highest BCUT2D eigenvalue weighted by Gasteiger charge is 2.10. The highest BCUT2D eigenvalue weighted by atomic mass is 16.1. The predicted molar refractivity (Wildman–Crippen MR) is 88.5 cm³/mol. The number of nitrogens with zero attached hydrogens (tertiary/aromatic N) is 1. The molecule has 0 atom stereocenters. The Morgan fingerprint density at radius 3 is 2.32 bits per heavy atom. The van der Waals surface area contributed by atoms with Crippen molar-refractivity contribution in [1.29, 1.82) is 0 Å². The van der Waals surface area contributed by atoms with Gasteiger partial charge in [-0.15, -0.1) is 0 Å². The lowest BCUT2D eigenvalue weighted by atomic mass is 10.1. The smallest absolute Gasteiger partial charge is 0.255 e. The summed E-state index contributed by atoms with van der Waals surface area (Å²) in [7, 11) is 3.70. The lowest BCUT2D eigenvalue weighted by Gasteiger charge is -2.10. The number of likely N-dealkylation sites (N-methyl/N-ethyl adjacent to an activating group) is 1. The second-order valence-corrected chi connectivity index (χ2v) is 5.56. The van der Waals surface area contributed by atoms with Crippen molar-refractivity contribution in [3.8, 4) is 0 Å². The average molecular weight is 296 g/mol. The van der Waals surface area contributed by atoms with Crippen molar-refractivity contribution in [3.63, 3.8) is 0 Å². The van der Waals surface area contributed by atoms with Crippen molar-refractivity contribution in [2.45, 2.75) is 6.92 Å². The fraction of sp³-hybridized carbons (Fsp3) is 0.222. The van der Waals surface area contributed by atoms with Crippen LogP contribution >= 0.6 is 0 Å². The molecule has 0 radical (unpaired) electrons. The Labute approximate surface area is 130 Å². The summed E-state index contributed by atoms with van der Waals surface area (Å²) in [6, 6.07) is 14.4. The number of hydrogen-bond acceptors (Lipinski definition) is 3. The molecule has 0 aliphatic carbocycles. The Kier molecular flexibility index (Phi) is 5.07. The first-order valence-electron chi connectivity index (χ1n) is 7.12. The number of anilines is 1. The lowest BCUT2D eigenvalue weighted by Crippen LogP contribution is -2.21. The number of aryl methyl sites for hydroxylation is 1. The van der Waals surface area contributed by atoms with E-state index in [9.17, 15) is 9.59 Å². The van der Waals surface area contributed by atoms with Crippen LogP contribution in [0.25, 0.3) is 0 Å². The summed E-state index contributed by atoms with van der Waals surface area (Å²) >= 11 is 0. The van der Waals surface area contributed by atoms with Crippen LogP contribution in [0.5, 0.6) is 0 Å². The molecule has 0 fully saturated rings. The van der Waals surface area contributed by atoms with Gasteiger partial charge in [0.2, 0.25) is 0 Å². The van der Waals surface area contributed by atoms with Gasteiger partial charge in [0, 0.05) is 16.8 Å². The molecule has 0 unspecified atom stereocenters. The van der Waals surface area contributed by atoms with Gasteiger partial charge in [-0.3, -0.25) is 9.59 Å². The van der Waals surface area contributed by atoms with Crippen LogP contribution in [0.15, 0.2) is 48.5 Å².